The summed E-state index contributed by atoms with van der Waals surface area (Å²) in [5.74, 6) is -0.973. The first-order valence-electron chi connectivity index (χ1n) is 9.75. The maximum absolute atomic E-state index is 14.4. The van der Waals surface area contributed by atoms with Crippen LogP contribution in [0.15, 0.2) is 42.0 Å². The van der Waals surface area contributed by atoms with Gasteiger partial charge in [-0.3, -0.25) is 14.6 Å². The maximum Gasteiger partial charge on any atom is 0.252 e. The number of thiazole rings is 1. The summed E-state index contributed by atoms with van der Waals surface area (Å²) in [5.41, 5.74) is 2.13. The van der Waals surface area contributed by atoms with Gasteiger partial charge in [0, 0.05) is 47.9 Å². The molecule has 154 valence electrons. The molecule has 0 unspecified atom stereocenters. The van der Waals surface area contributed by atoms with Crippen LogP contribution >= 0.6 is 11.3 Å². The monoisotopic (exact) mass is 424 g/mol. The largest absolute Gasteiger partial charge is 0.352 e. The first-order chi connectivity index (χ1) is 14.5. The zero-order valence-electron chi connectivity index (χ0n) is 16.4. The van der Waals surface area contributed by atoms with Crippen molar-refractivity contribution in [3.63, 3.8) is 0 Å². The number of amides is 2. The molecule has 6 nitrogen and oxygen atoms in total. The average Bonchev–Trinajstić information content (AvgIpc) is 3.41. The second-order valence-electron chi connectivity index (χ2n) is 7.24. The van der Waals surface area contributed by atoms with Gasteiger partial charge in [-0.25, -0.2) is 9.37 Å². The molecule has 0 radical (unpaired) electrons. The van der Waals surface area contributed by atoms with Gasteiger partial charge < -0.3 is 10.6 Å². The Kier molecular flexibility index (Phi) is 5.85. The van der Waals surface area contributed by atoms with Crippen molar-refractivity contribution in [2.24, 2.45) is 0 Å². The van der Waals surface area contributed by atoms with E-state index in [2.05, 4.69) is 20.6 Å². The van der Waals surface area contributed by atoms with Gasteiger partial charge in [-0.1, -0.05) is 0 Å². The summed E-state index contributed by atoms with van der Waals surface area (Å²) in [6, 6.07) is 6.40. The molecular weight excluding hydrogens is 403 g/mol. The summed E-state index contributed by atoms with van der Waals surface area (Å²) >= 11 is 1.55. The van der Waals surface area contributed by atoms with Gasteiger partial charge in [0.25, 0.3) is 11.8 Å². The first kappa shape index (κ1) is 20.2. The van der Waals surface area contributed by atoms with Gasteiger partial charge in [-0.2, -0.15) is 0 Å². The Bertz CT molecular complexity index is 1060. The topological polar surface area (TPSA) is 84.0 Å². The van der Waals surface area contributed by atoms with Crippen molar-refractivity contribution in [3.05, 3.63) is 69.6 Å². The molecule has 1 aromatic carbocycles. The second-order valence-corrected chi connectivity index (χ2v) is 8.22. The van der Waals surface area contributed by atoms with E-state index in [1.54, 1.807) is 42.7 Å². The molecule has 0 aliphatic heterocycles. The van der Waals surface area contributed by atoms with Gasteiger partial charge in [0.2, 0.25) is 0 Å². The molecule has 2 amide bonds. The summed E-state index contributed by atoms with van der Waals surface area (Å²) in [6.07, 6.45) is 5.79. The van der Waals surface area contributed by atoms with Crippen molar-refractivity contribution in [2.45, 2.75) is 32.2 Å². The second kappa shape index (κ2) is 8.71. The Morgan fingerprint density at radius 2 is 2.00 bits per heavy atom. The fourth-order valence-corrected chi connectivity index (χ4v) is 3.64. The van der Waals surface area contributed by atoms with Crippen LogP contribution in [0.1, 0.15) is 44.1 Å². The molecule has 0 saturated heterocycles. The van der Waals surface area contributed by atoms with E-state index in [0.29, 0.717) is 35.3 Å². The van der Waals surface area contributed by atoms with E-state index in [4.69, 9.17) is 0 Å². The maximum atomic E-state index is 14.4. The lowest BCUT2D eigenvalue weighted by Gasteiger charge is -2.11. The molecule has 0 atom stereocenters. The van der Waals surface area contributed by atoms with E-state index in [-0.39, 0.29) is 23.4 Å². The van der Waals surface area contributed by atoms with E-state index in [1.165, 1.54) is 12.3 Å². The highest BCUT2D eigenvalue weighted by molar-refractivity contribution is 7.09. The van der Waals surface area contributed by atoms with E-state index in [9.17, 15) is 14.0 Å². The van der Waals surface area contributed by atoms with E-state index in [1.807, 2.05) is 5.38 Å². The Morgan fingerprint density at radius 1 is 1.17 bits per heavy atom. The Hall–Kier alpha value is -3.13. The lowest BCUT2D eigenvalue weighted by Crippen LogP contribution is -2.26. The number of hydrogen-bond donors (Lipinski definition) is 2. The third-order valence-electron chi connectivity index (χ3n) is 4.93. The van der Waals surface area contributed by atoms with Crippen LogP contribution in [0.5, 0.6) is 0 Å². The normalized spacial score (nSPS) is 13.1. The SMILES string of the molecule is Cc1c(F)cc(C(=O)NC2CC2)cc1-c1ccc(C(=O)NCCc2nccs2)cn1. The Balaban J connectivity index is 1.46. The molecule has 30 heavy (non-hydrogen) atoms. The van der Waals surface area contributed by atoms with Crippen molar-refractivity contribution in [1.29, 1.82) is 0 Å². The lowest BCUT2D eigenvalue weighted by atomic mass is 10.00. The molecule has 3 aromatic rings. The van der Waals surface area contributed by atoms with Gasteiger partial charge in [0.1, 0.15) is 5.82 Å². The highest BCUT2D eigenvalue weighted by Crippen LogP contribution is 2.26. The smallest absolute Gasteiger partial charge is 0.252 e. The van der Waals surface area contributed by atoms with Crippen LogP contribution in [0.25, 0.3) is 11.3 Å². The van der Waals surface area contributed by atoms with Crippen molar-refractivity contribution >= 4 is 23.2 Å². The summed E-state index contributed by atoms with van der Waals surface area (Å²) in [7, 11) is 0. The number of hydrogen-bond acceptors (Lipinski definition) is 5. The number of rotatable bonds is 7. The standard InChI is InChI=1S/C22H21FN4O2S/c1-13-17(10-15(11-18(13)23)22(29)27-16-3-4-16)19-5-2-14(12-26-19)21(28)25-7-6-20-24-8-9-30-20/h2,5,8-12,16H,3-4,6-7H2,1H3,(H,25,28)(H,27,29). The summed E-state index contributed by atoms with van der Waals surface area (Å²) in [5, 5.41) is 8.57. The molecular formula is C22H21FN4O2S. The minimum absolute atomic E-state index is 0.192. The molecule has 2 N–H and O–H groups in total. The fraction of sp³-hybridized carbons (Fsp3) is 0.273. The zero-order valence-corrected chi connectivity index (χ0v) is 17.3. The molecule has 8 heteroatoms. The molecule has 0 bridgehead atoms. The van der Waals surface area contributed by atoms with Crippen molar-refractivity contribution in [3.8, 4) is 11.3 Å². The van der Waals surface area contributed by atoms with Gasteiger partial charge in [0.15, 0.2) is 0 Å². The highest BCUT2D eigenvalue weighted by Gasteiger charge is 2.24. The van der Waals surface area contributed by atoms with Crippen LogP contribution in [0.3, 0.4) is 0 Å². The third-order valence-corrected chi connectivity index (χ3v) is 5.77. The van der Waals surface area contributed by atoms with Crippen LogP contribution < -0.4 is 10.6 Å². The number of carbonyl (C=O) groups is 2. The van der Waals surface area contributed by atoms with Gasteiger partial charge in [-0.15, -0.1) is 11.3 Å². The van der Waals surface area contributed by atoms with Crippen molar-refractivity contribution < 1.29 is 14.0 Å². The number of carbonyl (C=O) groups excluding carboxylic acids is 2. The number of nitrogens with zero attached hydrogens (tertiary/aromatic N) is 2. The molecule has 1 aliphatic rings. The van der Waals surface area contributed by atoms with Crippen molar-refractivity contribution in [1.82, 2.24) is 20.6 Å². The lowest BCUT2D eigenvalue weighted by molar-refractivity contribution is 0.0944. The number of aromatic nitrogens is 2. The molecule has 1 fully saturated rings. The van der Waals surface area contributed by atoms with Crippen LogP contribution in [-0.2, 0) is 6.42 Å². The van der Waals surface area contributed by atoms with Crippen LogP contribution in [0.4, 0.5) is 4.39 Å². The molecule has 1 saturated carbocycles. The molecule has 2 heterocycles. The minimum Gasteiger partial charge on any atom is -0.352 e. The van der Waals surface area contributed by atoms with Crippen LogP contribution in [0.2, 0.25) is 0 Å². The van der Waals surface area contributed by atoms with Gasteiger partial charge >= 0.3 is 0 Å². The highest BCUT2D eigenvalue weighted by atomic mass is 32.1. The Labute approximate surface area is 177 Å². The number of pyridine rings is 1. The Morgan fingerprint density at radius 3 is 2.67 bits per heavy atom. The van der Waals surface area contributed by atoms with E-state index < -0.39 is 5.82 Å². The predicted octanol–water partition coefficient (Wildman–Crippen LogP) is 3.52. The summed E-state index contributed by atoms with van der Waals surface area (Å²) in [4.78, 5) is 33.1. The third kappa shape index (κ3) is 4.71. The first-order valence-corrected chi connectivity index (χ1v) is 10.6. The molecule has 1 aliphatic carbocycles. The van der Waals surface area contributed by atoms with Gasteiger partial charge in [-0.05, 0) is 49.6 Å². The number of nitrogens with one attached hydrogen (secondary N) is 2. The van der Waals surface area contributed by atoms with Crippen LogP contribution in [-0.4, -0.2) is 34.4 Å². The summed E-state index contributed by atoms with van der Waals surface area (Å²) in [6.45, 7) is 2.13. The summed E-state index contributed by atoms with van der Waals surface area (Å²) < 4.78 is 14.4. The van der Waals surface area contributed by atoms with E-state index in [0.717, 1.165) is 17.8 Å². The van der Waals surface area contributed by atoms with Crippen molar-refractivity contribution in [2.75, 3.05) is 6.54 Å². The number of benzene rings is 1. The zero-order chi connectivity index (χ0) is 21.1. The van der Waals surface area contributed by atoms with Crippen LogP contribution in [0, 0.1) is 12.7 Å². The number of halogens is 1. The molecule has 4 rings (SSSR count). The molecule has 2 aromatic heterocycles. The van der Waals surface area contributed by atoms with Gasteiger partial charge in [0.05, 0.1) is 16.3 Å². The molecule has 0 spiro atoms. The quantitative estimate of drug-likeness (QED) is 0.608. The minimum atomic E-state index is -0.459. The van der Waals surface area contributed by atoms with E-state index >= 15 is 0 Å². The fourth-order valence-electron chi connectivity index (χ4n) is 3.02. The average molecular weight is 425 g/mol. The predicted molar refractivity (Wildman–Crippen MR) is 113 cm³/mol.